The standard InChI is InChI=1S/C14H25N/c1-12-9-7-6-8-10-14(5,11-12)15-13(2,3)4/h7-10,12,15H,6,11H2,1-5H3/b9-7+,10-8+. The van der Waals surface area contributed by atoms with Crippen molar-refractivity contribution in [3.63, 3.8) is 0 Å². The minimum absolute atomic E-state index is 0.127. The maximum atomic E-state index is 3.71. The molecule has 0 heterocycles. The Balaban J connectivity index is 2.76. The van der Waals surface area contributed by atoms with E-state index in [0.29, 0.717) is 5.92 Å². The topological polar surface area (TPSA) is 12.0 Å². The highest BCUT2D eigenvalue weighted by Crippen LogP contribution is 2.24. The van der Waals surface area contributed by atoms with E-state index in [1.807, 2.05) is 0 Å². The SMILES string of the molecule is CC1/C=C/C/C=C/C(C)(NC(C)(C)C)C1. The highest BCUT2D eigenvalue weighted by Gasteiger charge is 2.27. The van der Waals surface area contributed by atoms with Gasteiger partial charge in [-0.25, -0.2) is 0 Å². The summed E-state index contributed by atoms with van der Waals surface area (Å²) in [5.41, 5.74) is 0.296. The van der Waals surface area contributed by atoms with Crippen molar-refractivity contribution in [3.05, 3.63) is 24.3 Å². The van der Waals surface area contributed by atoms with Crippen LogP contribution >= 0.6 is 0 Å². The molecule has 0 aromatic rings. The Morgan fingerprint density at radius 2 is 1.93 bits per heavy atom. The Hall–Kier alpha value is -0.560. The zero-order chi connectivity index (χ0) is 11.5. The van der Waals surface area contributed by atoms with E-state index < -0.39 is 0 Å². The number of rotatable bonds is 1. The molecule has 1 aliphatic rings. The summed E-state index contributed by atoms with van der Waals surface area (Å²) < 4.78 is 0. The Morgan fingerprint density at radius 1 is 1.27 bits per heavy atom. The van der Waals surface area contributed by atoms with Gasteiger partial charge in [-0.1, -0.05) is 31.2 Å². The fourth-order valence-corrected chi connectivity index (χ4v) is 2.47. The van der Waals surface area contributed by atoms with Gasteiger partial charge in [0.2, 0.25) is 0 Å². The van der Waals surface area contributed by atoms with Crippen molar-refractivity contribution in [2.75, 3.05) is 0 Å². The summed E-state index contributed by atoms with van der Waals surface area (Å²) in [5.74, 6) is 0.648. The Kier molecular flexibility index (Phi) is 3.77. The lowest BCUT2D eigenvalue weighted by atomic mass is 9.85. The summed E-state index contributed by atoms with van der Waals surface area (Å²) in [6, 6.07) is 0. The molecule has 0 aromatic heterocycles. The average Bonchev–Trinajstić information content (AvgIpc) is 1.96. The molecule has 2 unspecified atom stereocenters. The van der Waals surface area contributed by atoms with E-state index in [0.717, 1.165) is 12.8 Å². The average molecular weight is 207 g/mol. The van der Waals surface area contributed by atoms with Crippen molar-refractivity contribution < 1.29 is 0 Å². The molecular formula is C14H25N. The zero-order valence-electron chi connectivity index (χ0n) is 10.8. The minimum Gasteiger partial charge on any atom is -0.303 e. The predicted octanol–water partition coefficient (Wildman–Crippen LogP) is 3.68. The van der Waals surface area contributed by atoms with Crippen LogP contribution in [0.1, 0.15) is 47.5 Å². The third-order valence-electron chi connectivity index (χ3n) is 2.63. The van der Waals surface area contributed by atoms with E-state index in [4.69, 9.17) is 0 Å². The van der Waals surface area contributed by atoms with Crippen molar-refractivity contribution in [1.29, 1.82) is 0 Å². The van der Waals surface area contributed by atoms with E-state index in [9.17, 15) is 0 Å². The van der Waals surface area contributed by atoms with Crippen LogP contribution in [0.15, 0.2) is 24.3 Å². The molecule has 0 fully saturated rings. The Morgan fingerprint density at radius 3 is 2.53 bits per heavy atom. The van der Waals surface area contributed by atoms with Crippen molar-refractivity contribution in [3.8, 4) is 0 Å². The summed E-state index contributed by atoms with van der Waals surface area (Å²) >= 11 is 0. The van der Waals surface area contributed by atoms with Gasteiger partial charge in [-0.05, 0) is 46.5 Å². The highest BCUT2D eigenvalue weighted by molar-refractivity contribution is 5.12. The van der Waals surface area contributed by atoms with Gasteiger partial charge in [-0.2, -0.15) is 0 Å². The molecule has 1 nitrogen and oxygen atoms in total. The second-order valence-electron chi connectivity index (χ2n) is 6.04. The molecule has 0 radical (unpaired) electrons. The van der Waals surface area contributed by atoms with Gasteiger partial charge in [0.25, 0.3) is 0 Å². The molecule has 1 rings (SSSR count). The molecular weight excluding hydrogens is 182 g/mol. The smallest absolute Gasteiger partial charge is 0.0345 e. The lowest BCUT2D eigenvalue weighted by Gasteiger charge is -2.37. The Labute approximate surface area is 94.6 Å². The fraction of sp³-hybridized carbons (Fsp3) is 0.714. The normalized spacial score (nSPS) is 36.7. The van der Waals surface area contributed by atoms with Gasteiger partial charge in [0.15, 0.2) is 0 Å². The summed E-state index contributed by atoms with van der Waals surface area (Å²) in [5, 5.41) is 3.71. The van der Waals surface area contributed by atoms with Gasteiger partial charge in [0, 0.05) is 11.1 Å². The zero-order valence-corrected chi connectivity index (χ0v) is 10.8. The molecule has 0 aliphatic heterocycles. The van der Waals surface area contributed by atoms with Gasteiger partial charge in [-0.3, -0.25) is 0 Å². The van der Waals surface area contributed by atoms with Gasteiger partial charge < -0.3 is 5.32 Å². The summed E-state index contributed by atoms with van der Waals surface area (Å²) in [6.07, 6.45) is 11.4. The number of nitrogens with one attached hydrogen (secondary N) is 1. The summed E-state index contributed by atoms with van der Waals surface area (Å²) in [4.78, 5) is 0. The first-order valence-electron chi connectivity index (χ1n) is 5.94. The van der Waals surface area contributed by atoms with Crippen LogP contribution in [-0.2, 0) is 0 Å². The monoisotopic (exact) mass is 207 g/mol. The first-order chi connectivity index (χ1) is 6.81. The second kappa shape index (κ2) is 4.52. The van der Waals surface area contributed by atoms with Crippen molar-refractivity contribution in [2.45, 2.75) is 58.5 Å². The largest absolute Gasteiger partial charge is 0.303 e. The highest BCUT2D eigenvalue weighted by atomic mass is 15.0. The van der Waals surface area contributed by atoms with E-state index in [-0.39, 0.29) is 11.1 Å². The predicted molar refractivity (Wildman–Crippen MR) is 68.0 cm³/mol. The van der Waals surface area contributed by atoms with Crippen LogP contribution in [0.3, 0.4) is 0 Å². The van der Waals surface area contributed by atoms with Crippen LogP contribution in [0.5, 0.6) is 0 Å². The number of hydrogen-bond acceptors (Lipinski definition) is 1. The maximum Gasteiger partial charge on any atom is 0.0345 e. The third-order valence-corrected chi connectivity index (χ3v) is 2.63. The van der Waals surface area contributed by atoms with Crippen LogP contribution in [-0.4, -0.2) is 11.1 Å². The second-order valence-corrected chi connectivity index (χ2v) is 6.04. The molecule has 86 valence electrons. The van der Waals surface area contributed by atoms with Crippen LogP contribution in [0.2, 0.25) is 0 Å². The third kappa shape index (κ3) is 4.65. The van der Waals surface area contributed by atoms with Gasteiger partial charge in [0.05, 0.1) is 0 Å². The molecule has 0 bridgehead atoms. The van der Waals surface area contributed by atoms with Gasteiger partial charge in [0.1, 0.15) is 0 Å². The van der Waals surface area contributed by atoms with E-state index >= 15 is 0 Å². The molecule has 0 saturated carbocycles. The minimum atomic E-state index is 0.127. The summed E-state index contributed by atoms with van der Waals surface area (Å²) in [7, 11) is 0. The number of hydrogen-bond donors (Lipinski definition) is 1. The lowest BCUT2D eigenvalue weighted by molar-refractivity contribution is 0.279. The maximum absolute atomic E-state index is 3.71. The molecule has 1 heteroatoms. The van der Waals surface area contributed by atoms with Crippen LogP contribution < -0.4 is 5.32 Å². The van der Waals surface area contributed by atoms with Crippen molar-refractivity contribution in [2.24, 2.45) is 5.92 Å². The molecule has 2 atom stereocenters. The van der Waals surface area contributed by atoms with Crippen LogP contribution in [0, 0.1) is 5.92 Å². The van der Waals surface area contributed by atoms with Gasteiger partial charge >= 0.3 is 0 Å². The fourth-order valence-electron chi connectivity index (χ4n) is 2.47. The lowest BCUT2D eigenvalue weighted by Crippen LogP contribution is -2.51. The first-order valence-corrected chi connectivity index (χ1v) is 5.94. The number of allylic oxidation sites excluding steroid dienone is 3. The van der Waals surface area contributed by atoms with E-state index in [1.165, 1.54) is 0 Å². The van der Waals surface area contributed by atoms with Crippen molar-refractivity contribution >= 4 is 0 Å². The molecule has 0 aromatic carbocycles. The van der Waals surface area contributed by atoms with Crippen molar-refractivity contribution in [1.82, 2.24) is 5.32 Å². The molecule has 0 spiro atoms. The van der Waals surface area contributed by atoms with Gasteiger partial charge in [-0.15, -0.1) is 0 Å². The quantitative estimate of drug-likeness (QED) is 0.647. The van der Waals surface area contributed by atoms with E-state index in [1.54, 1.807) is 0 Å². The van der Waals surface area contributed by atoms with Crippen LogP contribution in [0.4, 0.5) is 0 Å². The molecule has 15 heavy (non-hydrogen) atoms. The first kappa shape index (κ1) is 12.5. The molecule has 1 N–H and O–H groups in total. The molecule has 0 amide bonds. The summed E-state index contributed by atoms with van der Waals surface area (Å²) in [6.45, 7) is 11.3. The Bertz CT molecular complexity index is 257. The van der Waals surface area contributed by atoms with Crippen LogP contribution in [0.25, 0.3) is 0 Å². The van der Waals surface area contributed by atoms with E-state index in [2.05, 4.69) is 64.2 Å². The molecule has 0 saturated heterocycles. The molecule has 1 aliphatic carbocycles.